The van der Waals surface area contributed by atoms with Gasteiger partial charge in [-0.05, 0) is 36.0 Å². The summed E-state index contributed by atoms with van der Waals surface area (Å²) in [4.78, 5) is 27.4. The fraction of sp³-hybridized carbons (Fsp3) is 0.360. The second-order valence-corrected chi connectivity index (χ2v) is 7.79. The molecule has 152 valence electrons. The zero-order valence-corrected chi connectivity index (χ0v) is 17.2. The van der Waals surface area contributed by atoms with Crippen LogP contribution in [0.25, 0.3) is 11.1 Å². The van der Waals surface area contributed by atoms with Crippen LogP contribution in [-0.4, -0.2) is 36.3 Å². The Bertz CT molecular complexity index is 862. The highest BCUT2D eigenvalue weighted by atomic mass is 16.2. The lowest BCUT2D eigenvalue weighted by Crippen LogP contribution is -2.54. The molecule has 0 aromatic heterocycles. The summed E-state index contributed by atoms with van der Waals surface area (Å²) < 4.78 is 0. The van der Waals surface area contributed by atoms with Crippen LogP contribution in [0.4, 0.5) is 0 Å². The SMILES string of the molecule is C=CCNC(=O)[C@@]1(Cc2cccc(-c3ccccc3)c2)CCCN(C(=O)CC)C1. The van der Waals surface area contributed by atoms with Gasteiger partial charge in [-0.1, -0.05) is 67.6 Å². The highest BCUT2D eigenvalue weighted by molar-refractivity contribution is 5.85. The standard InChI is InChI=1S/C25H30N2O2/c1-3-15-26-24(29)25(14-9-16-27(19-25)23(28)4-2)18-20-10-8-13-22(17-20)21-11-6-5-7-12-21/h3,5-8,10-13,17H,1,4,9,14-16,18-19H2,2H3,(H,26,29)/t25-/m1/s1. The lowest BCUT2D eigenvalue weighted by Gasteiger charge is -2.42. The van der Waals surface area contributed by atoms with Crippen molar-refractivity contribution in [3.05, 3.63) is 72.8 Å². The fourth-order valence-electron chi connectivity index (χ4n) is 4.21. The van der Waals surface area contributed by atoms with E-state index in [0.29, 0.717) is 25.9 Å². The van der Waals surface area contributed by atoms with Crippen molar-refractivity contribution in [1.29, 1.82) is 0 Å². The Labute approximate surface area is 173 Å². The molecule has 1 heterocycles. The second-order valence-electron chi connectivity index (χ2n) is 7.79. The fourth-order valence-corrected chi connectivity index (χ4v) is 4.21. The third kappa shape index (κ3) is 4.94. The van der Waals surface area contributed by atoms with Crippen molar-refractivity contribution in [2.75, 3.05) is 19.6 Å². The second kappa shape index (κ2) is 9.55. The molecular formula is C25H30N2O2. The smallest absolute Gasteiger partial charge is 0.228 e. The number of piperidine rings is 1. The Balaban J connectivity index is 1.90. The summed E-state index contributed by atoms with van der Waals surface area (Å²) in [5.41, 5.74) is 2.81. The zero-order valence-electron chi connectivity index (χ0n) is 17.2. The van der Waals surface area contributed by atoms with Crippen molar-refractivity contribution in [2.45, 2.75) is 32.6 Å². The van der Waals surface area contributed by atoms with E-state index in [2.05, 4.69) is 42.2 Å². The van der Waals surface area contributed by atoms with E-state index in [0.717, 1.165) is 36.1 Å². The molecule has 1 aliphatic rings. The Hall–Kier alpha value is -2.88. The van der Waals surface area contributed by atoms with Gasteiger partial charge in [-0.15, -0.1) is 6.58 Å². The number of amides is 2. The minimum atomic E-state index is -0.610. The Kier molecular flexibility index (Phi) is 6.86. The average Bonchev–Trinajstić information content (AvgIpc) is 2.77. The van der Waals surface area contributed by atoms with Gasteiger partial charge in [0.15, 0.2) is 0 Å². The number of carbonyl (C=O) groups excluding carboxylic acids is 2. The number of hydrogen-bond acceptors (Lipinski definition) is 2. The van der Waals surface area contributed by atoms with Crippen LogP contribution >= 0.6 is 0 Å². The minimum absolute atomic E-state index is 0.0103. The van der Waals surface area contributed by atoms with Gasteiger partial charge in [0, 0.05) is 26.1 Å². The van der Waals surface area contributed by atoms with Crippen molar-refractivity contribution in [2.24, 2.45) is 5.41 Å². The van der Waals surface area contributed by atoms with Crippen molar-refractivity contribution in [3.8, 4) is 11.1 Å². The number of hydrogen-bond donors (Lipinski definition) is 1. The quantitative estimate of drug-likeness (QED) is 0.720. The van der Waals surface area contributed by atoms with Gasteiger partial charge in [0.25, 0.3) is 0 Å². The van der Waals surface area contributed by atoms with E-state index in [-0.39, 0.29) is 11.8 Å². The lowest BCUT2D eigenvalue weighted by atomic mass is 9.74. The number of likely N-dealkylation sites (tertiary alicyclic amines) is 1. The summed E-state index contributed by atoms with van der Waals surface area (Å²) in [7, 11) is 0. The van der Waals surface area contributed by atoms with Crippen LogP contribution in [0, 0.1) is 5.41 Å². The molecule has 1 atom stereocenters. The maximum Gasteiger partial charge on any atom is 0.228 e. The molecule has 1 saturated heterocycles. The summed E-state index contributed by atoms with van der Waals surface area (Å²) in [5, 5.41) is 2.99. The number of nitrogens with one attached hydrogen (secondary N) is 1. The van der Waals surface area contributed by atoms with Crippen LogP contribution in [0.15, 0.2) is 67.3 Å². The molecular weight excluding hydrogens is 360 g/mol. The molecule has 0 saturated carbocycles. The molecule has 1 aliphatic heterocycles. The molecule has 4 nitrogen and oxygen atoms in total. The van der Waals surface area contributed by atoms with Gasteiger partial charge >= 0.3 is 0 Å². The first-order valence-electron chi connectivity index (χ1n) is 10.4. The van der Waals surface area contributed by atoms with Gasteiger partial charge in [0.2, 0.25) is 11.8 Å². The van der Waals surface area contributed by atoms with E-state index in [9.17, 15) is 9.59 Å². The molecule has 3 rings (SSSR count). The predicted octanol–water partition coefficient (Wildman–Crippen LogP) is 4.22. The first-order chi connectivity index (χ1) is 14.1. The van der Waals surface area contributed by atoms with E-state index in [4.69, 9.17) is 0 Å². The molecule has 2 aromatic carbocycles. The van der Waals surface area contributed by atoms with Crippen molar-refractivity contribution < 1.29 is 9.59 Å². The van der Waals surface area contributed by atoms with E-state index in [1.54, 1.807) is 6.08 Å². The van der Waals surface area contributed by atoms with Crippen LogP contribution in [0.1, 0.15) is 31.7 Å². The van der Waals surface area contributed by atoms with E-state index in [1.165, 1.54) is 0 Å². The van der Waals surface area contributed by atoms with Crippen LogP contribution in [0.5, 0.6) is 0 Å². The van der Waals surface area contributed by atoms with Crippen LogP contribution in [0.3, 0.4) is 0 Å². The Morgan fingerprint density at radius 3 is 2.62 bits per heavy atom. The predicted molar refractivity (Wildman–Crippen MR) is 117 cm³/mol. The monoisotopic (exact) mass is 390 g/mol. The van der Waals surface area contributed by atoms with Crippen molar-refractivity contribution in [1.82, 2.24) is 10.2 Å². The maximum absolute atomic E-state index is 13.2. The summed E-state index contributed by atoms with van der Waals surface area (Å²) in [6.45, 7) is 7.22. The first kappa shape index (κ1) is 20.8. The largest absolute Gasteiger partial charge is 0.352 e. The minimum Gasteiger partial charge on any atom is -0.352 e. The van der Waals surface area contributed by atoms with Crippen molar-refractivity contribution in [3.63, 3.8) is 0 Å². The summed E-state index contributed by atoms with van der Waals surface area (Å²) >= 11 is 0. The number of rotatable bonds is 7. The van der Waals surface area contributed by atoms with Gasteiger partial charge in [-0.25, -0.2) is 0 Å². The third-order valence-corrected chi connectivity index (χ3v) is 5.70. The zero-order chi connectivity index (χ0) is 20.7. The molecule has 0 radical (unpaired) electrons. The highest BCUT2D eigenvalue weighted by Crippen LogP contribution is 2.35. The molecule has 0 unspecified atom stereocenters. The van der Waals surface area contributed by atoms with Gasteiger partial charge in [-0.2, -0.15) is 0 Å². The molecule has 1 N–H and O–H groups in total. The topological polar surface area (TPSA) is 49.4 Å². The molecule has 1 fully saturated rings. The highest BCUT2D eigenvalue weighted by Gasteiger charge is 2.43. The molecule has 0 spiro atoms. The van der Waals surface area contributed by atoms with E-state index < -0.39 is 5.41 Å². The Morgan fingerprint density at radius 1 is 1.14 bits per heavy atom. The number of carbonyl (C=O) groups is 2. The van der Waals surface area contributed by atoms with Crippen molar-refractivity contribution >= 4 is 11.8 Å². The van der Waals surface area contributed by atoms with Gasteiger partial charge in [-0.3, -0.25) is 9.59 Å². The van der Waals surface area contributed by atoms with E-state index >= 15 is 0 Å². The molecule has 0 bridgehead atoms. The molecule has 29 heavy (non-hydrogen) atoms. The first-order valence-corrected chi connectivity index (χ1v) is 10.4. The third-order valence-electron chi connectivity index (χ3n) is 5.70. The van der Waals surface area contributed by atoms with Crippen LogP contribution in [-0.2, 0) is 16.0 Å². The molecule has 2 amide bonds. The van der Waals surface area contributed by atoms with Gasteiger partial charge in [0.1, 0.15) is 0 Å². The van der Waals surface area contributed by atoms with Gasteiger partial charge < -0.3 is 10.2 Å². The van der Waals surface area contributed by atoms with Crippen LogP contribution < -0.4 is 5.32 Å². The molecule has 2 aromatic rings. The van der Waals surface area contributed by atoms with E-state index in [1.807, 2.05) is 36.1 Å². The van der Waals surface area contributed by atoms with Gasteiger partial charge in [0.05, 0.1) is 5.41 Å². The number of benzene rings is 2. The average molecular weight is 391 g/mol. The molecule has 4 heteroatoms. The summed E-state index contributed by atoms with van der Waals surface area (Å²) in [5.74, 6) is 0.125. The maximum atomic E-state index is 13.2. The Morgan fingerprint density at radius 2 is 1.90 bits per heavy atom. The summed E-state index contributed by atoms with van der Waals surface area (Å²) in [6, 6.07) is 18.6. The molecule has 0 aliphatic carbocycles. The number of nitrogens with zero attached hydrogens (tertiary/aromatic N) is 1. The summed E-state index contributed by atoms with van der Waals surface area (Å²) in [6.07, 6.45) is 4.39. The normalized spacial score (nSPS) is 18.9. The van der Waals surface area contributed by atoms with Crippen LogP contribution in [0.2, 0.25) is 0 Å². The lowest BCUT2D eigenvalue weighted by molar-refractivity contribution is -0.141.